The van der Waals surface area contributed by atoms with Gasteiger partial charge in [0.1, 0.15) is 0 Å². The summed E-state index contributed by atoms with van der Waals surface area (Å²) in [5, 5.41) is 10.5. The second-order valence-electron chi connectivity index (χ2n) is 3.78. The summed E-state index contributed by atoms with van der Waals surface area (Å²) in [5.41, 5.74) is 7.70. The fraction of sp³-hybridized carbons (Fsp3) is 0.0769. The molecule has 2 aromatic rings. The van der Waals surface area contributed by atoms with Crippen molar-refractivity contribution in [3.8, 4) is 0 Å². The number of benzene rings is 2. The van der Waals surface area contributed by atoms with Gasteiger partial charge in [-0.15, -0.1) is 11.8 Å². The van der Waals surface area contributed by atoms with Crippen molar-refractivity contribution in [2.45, 2.75) is 10.6 Å². The van der Waals surface area contributed by atoms with Crippen molar-refractivity contribution in [2.24, 2.45) is 0 Å². The first-order valence-electron chi connectivity index (χ1n) is 5.37. The molecule has 2 aromatic carbocycles. The maximum atomic E-state index is 10.5. The zero-order chi connectivity index (χ0) is 13.0. The summed E-state index contributed by atoms with van der Waals surface area (Å²) in [6.07, 6.45) is 0. The Hall–Kier alpha value is -2.01. The van der Waals surface area contributed by atoms with Crippen molar-refractivity contribution in [2.75, 3.05) is 5.73 Å². The third-order valence-corrected chi connectivity index (χ3v) is 3.49. The molecule has 0 aliphatic carbocycles. The van der Waals surface area contributed by atoms with Gasteiger partial charge >= 0.3 is 0 Å². The van der Waals surface area contributed by atoms with Crippen LogP contribution in [0.1, 0.15) is 5.56 Å². The van der Waals surface area contributed by atoms with Crippen molar-refractivity contribution in [3.63, 3.8) is 0 Å². The molecule has 18 heavy (non-hydrogen) atoms. The van der Waals surface area contributed by atoms with Crippen molar-refractivity contribution < 1.29 is 4.92 Å². The first-order chi connectivity index (χ1) is 8.65. The predicted molar refractivity (Wildman–Crippen MR) is 73.5 cm³/mol. The fourth-order valence-electron chi connectivity index (χ4n) is 1.51. The van der Waals surface area contributed by atoms with Crippen molar-refractivity contribution in [1.82, 2.24) is 0 Å². The highest BCUT2D eigenvalue weighted by atomic mass is 32.2. The average molecular weight is 260 g/mol. The third kappa shape index (κ3) is 3.24. The van der Waals surface area contributed by atoms with Crippen molar-refractivity contribution >= 4 is 23.1 Å². The Labute approximate surface area is 109 Å². The molecular formula is C13H12N2O2S. The average Bonchev–Trinajstić information content (AvgIpc) is 2.37. The zero-order valence-corrected chi connectivity index (χ0v) is 10.4. The van der Waals surface area contributed by atoms with Gasteiger partial charge in [0.15, 0.2) is 0 Å². The largest absolute Gasteiger partial charge is 0.399 e. The summed E-state index contributed by atoms with van der Waals surface area (Å²) in [4.78, 5) is 11.1. The SMILES string of the molecule is Nc1cccc(CSc2ccc([N+](=O)[O-])cc2)c1. The van der Waals surface area contributed by atoms with E-state index in [-0.39, 0.29) is 5.69 Å². The van der Waals surface area contributed by atoms with Gasteiger partial charge in [0.05, 0.1) is 4.92 Å². The van der Waals surface area contributed by atoms with E-state index in [9.17, 15) is 10.1 Å². The molecule has 0 atom stereocenters. The maximum absolute atomic E-state index is 10.5. The molecule has 92 valence electrons. The van der Waals surface area contributed by atoms with Crippen LogP contribution >= 0.6 is 11.8 Å². The summed E-state index contributed by atoms with van der Waals surface area (Å²) >= 11 is 1.62. The second-order valence-corrected chi connectivity index (χ2v) is 4.83. The number of rotatable bonds is 4. The summed E-state index contributed by atoms with van der Waals surface area (Å²) in [6.45, 7) is 0. The van der Waals surface area contributed by atoms with Crippen LogP contribution in [-0.4, -0.2) is 4.92 Å². The Morgan fingerprint density at radius 3 is 2.50 bits per heavy atom. The minimum Gasteiger partial charge on any atom is -0.399 e. The number of anilines is 1. The Morgan fingerprint density at radius 2 is 1.89 bits per heavy atom. The van der Waals surface area contributed by atoms with Gasteiger partial charge in [-0.05, 0) is 29.8 Å². The molecule has 2 N–H and O–H groups in total. The molecule has 0 fully saturated rings. The van der Waals surface area contributed by atoms with Crippen LogP contribution in [0.3, 0.4) is 0 Å². The van der Waals surface area contributed by atoms with Gasteiger partial charge in [-0.2, -0.15) is 0 Å². The van der Waals surface area contributed by atoms with Crippen molar-refractivity contribution in [3.05, 3.63) is 64.2 Å². The molecule has 5 heteroatoms. The van der Waals surface area contributed by atoms with Gasteiger partial charge in [0.2, 0.25) is 0 Å². The quantitative estimate of drug-likeness (QED) is 0.395. The number of nitro groups is 1. The van der Waals surface area contributed by atoms with Crippen molar-refractivity contribution in [1.29, 1.82) is 0 Å². The van der Waals surface area contributed by atoms with E-state index in [4.69, 9.17) is 5.73 Å². The normalized spacial score (nSPS) is 10.2. The number of hydrogen-bond donors (Lipinski definition) is 1. The van der Waals surface area contributed by atoms with E-state index in [1.807, 2.05) is 24.3 Å². The van der Waals surface area contributed by atoms with Crippen LogP contribution in [0.4, 0.5) is 11.4 Å². The van der Waals surface area contributed by atoms with Gasteiger partial charge in [0, 0.05) is 28.5 Å². The van der Waals surface area contributed by atoms with Gasteiger partial charge in [-0.25, -0.2) is 0 Å². The van der Waals surface area contributed by atoms with Crippen LogP contribution in [0, 0.1) is 10.1 Å². The van der Waals surface area contributed by atoms with Crippen LogP contribution < -0.4 is 5.73 Å². The first kappa shape index (κ1) is 12.4. The molecule has 0 aromatic heterocycles. The highest BCUT2D eigenvalue weighted by Gasteiger charge is 2.04. The summed E-state index contributed by atoms with van der Waals surface area (Å²) in [5.74, 6) is 0.794. The van der Waals surface area contributed by atoms with E-state index in [0.717, 1.165) is 21.9 Å². The Bertz CT molecular complexity index is 555. The number of non-ortho nitro benzene ring substituents is 1. The minimum atomic E-state index is -0.396. The number of nitro benzene ring substituents is 1. The Kier molecular flexibility index (Phi) is 3.84. The molecule has 0 saturated carbocycles. The molecule has 2 rings (SSSR count). The van der Waals surface area contributed by atoms with E-state index in [2.05, 4.69) is 0 Å². The van der Waals surface area contributed by atoms with E-state index in [0.29, 0.717) is 0 Å². The van der Waals surface area contributed by atoms with Gasteiger partial charge in [-0.3, -0.25) is 10.1 Å². The standard InChI is InChI=1S/C13H12N2O2S/c14-11-3-1-2-10(8-11)9-18-13-6-4-12(5-7-13)15(16)17/h1-8H,9,14H2. The lowest BCUT2D eigenvalue weighted by atomic mass is 10.2. The van der Waals surface area contributed by atoms with Crippen LogP contribution in [0.25, 0.3) is 0 Å². The number of thioether (sulfide) groups is 1. The van der Waals surface area contributed by atoms with Gasteiger partial charge < -0.3 is 5.73 Å². The Morgan fingerprint density at radius 1 is 1.17 bits per heavy atom. The van der Waals surface area contributed by atoms with Crippen LogP contribution in [-0.2, 0) is 5.75 Å². The predicted octanol–water partition coefficient (Wildman–Crippen LogP) is 3.47. The molecule has 0 saturated heterocycles. The molecule has 0 radical (unpaired) electrons. The van der Waals surface area contributed by atoms with Gasteiger partial charge in [0.25, 0.3) is 5.69 Å². The first-order valence-corrected chi connectivity index (χ1v) is 6.35. The van der Waals surface area contributed by atoms with E-state index < -0.39 is 4.92 Å². The zero-order valence-electron chi connectivity index (χ0n) is 9.58. The molecule has 4 nitrogen and oxygen atoms in total. The Balaban J connectivity index is 2.00. The summed E-state index contributed by atoms with van der Waals surface area (Å²) in [7, 11) is 0. The highest BCUT2D eigenvalue weighted by molar-refractivity contribution is 7.98. The monoisotopic (exact) mass is 260 g/mol. The highest BCUT2D eigenvalue weighted by Crippen LogP contribution is 2.25. The topological polar surface area (TPSA) is 69.2 Å². The van der Waals surface area contributed by atoms with Gasteiger partial charge in [-0.1, -0.05) is 12.1 Å². The molecule has 0 amide bonds. The smallest absolute Gasteiger partial charge is 0.269 e. The fourth-order valence-corrected chi connectivity index (χ4v) is 2.36. The number of hydrogen-bond acceptors (Lipinski definition) is 4. The van der Waals surface area contributed by atoms with E-state index in [1.54, 1.807) is 23.9 Å². The summed E-state index contributed by atoms with van der Waals surface area (Å²) in [6, 6.07) is 14.3. The lowest BCUT2D eigenvalue weighted by Gasteiger charge is -2.03. The van der Waals surface area contributed by atoms with Crippen LogP contribution in [0.15, 0.2) is 53.4 Å². The van der Waals surface area contributed by atoms with Crippen LogP contribution in [0.2, 0.25) is 0 Å². The van der Waals surface area contributed by atoms with Crippen LogP contribution in [0.5, 0.6) is 0 Å². The lowest BCUT2D eigenvalue weighted by Crippen LogP contribution is -1.88. The maximum Gasteiger partial charge on any atom is 0.269 e. The number of nitrogen functional groups attached to an aromatic ring is 1. The lowest BCUT2D eigenvalue weighted by molar-refractivity contribution is -0.384. The minimum absolute atomic E-state index is 0.114. The molecule has 0 unspecified atom stereocenters. The van der Waals surface area contributed by atoms with E-state index in [1.165, 1.54) is 12.1 Å². The van der Waals surface area contributed by atoms with E-state index >= 15 is 0 Å². The summed E-state index contributed by atoms with van der Waals surface area (Å²) < 4.78 is 0. The molecular weight excluding hydrogens is 248 g/mol. The molecule has 0 aliphatic heterocycles. The third-order valence-electron chi connectivity index (χ3n) is 2.40. The molecule has 0 bridgehead atoms. The molecule has 0 spiro atoms. The molecule has 0 heterocycles. The second kappa shape index (κ2) is 5.55. The number of nitrogens with zero attached hydrogens (tertiary/aromatic N) is 1. The molecule has 0 aliphatic rings. The number of nitrogens with two attached hydrogens (primary N) is 1.